The molecule has 0 heterocycles. The number of hydrogen-bond acceptors (Lipinski definition) is 3. The zero-order valence-electron chi connectivity index (χ0n) is 11.3. The first-order valence-electron chi connectivity index (χ1n) is 6.28. The van der Waals surface area contributed by atoms with Crippen LogP contribution in [0.25, 0.3) is 0 Å². The van der Waals surface area contributed by atoms with Gasteiger partial charge in [-0.15, -0.1) is 0 Å². The minimum absolute atomic E-state index is 0.119. The molecule has 0 aromatic heterocycles. The van der Waals surface area contributed by atoms with Gasteiger partial charge >= 0.3 is 0 Å². The lowest BCUT2D eigenvalue weighted by molar-refractivity contribution is 0.0549. The lowest BCUT2D eigenvalue weighted by Gasteiger charge is -2.15. The molecule has 0 saturated carbocycles. The molecular formula is C14H22BrNO2. The van der Waals surface area contributed by atoms with E-state index in [-0.39, 0.29) is 12.1 Å². The van der Waals surface area contributed by atoms with E-state index in [2.05, 4.69) is 15.9 Å². The van der Waals surface area contributed by atoms with Gasteiger partial charge in [0.2, 0.25) is 0 Å². The van der Waals surface area contributed by atoms with Crippen molar-refractivity contribution in [3.8, 4) is 5.75 Å². The van der Waals surface area contributed by atoms with Crippen molar-refractivity contribution in [2.45, 2.75) is 39.3 Å². The summed E-state index contributed by atoms with van der Waals surface area (Å²) >= 11 is 3.51. The Morgan fingerprint density at radius 1 is 1.22 bits per heavy atom. The van der Waals surface area contributed by atoms with Crippen LogP contribution in [0.4, 0.5) is 0 Å². The Balaban J connectivity index is 2.62. The monoisotopic (exact) mass is 315 g/mol. The van der Waals surface area contributed by atoms with E-state index in [1.807, 2.05) is 39.0 Å². The highest BCUT2D eigenvalue weighted by Crippen LogP contribution is 2.29. The molecule has 0 aliphatic heterocycles. The molecule has 0 saturated heterocycles. The Morgan fingerprint density at radius 2 is 1.94 bits per heavy atom. The van der Waals surface area contributed by atoms with Gasteiger partial charge in [0.15, 0.2) is 0 Å². The van der Waals surface area contributed by atoms with E-state index in [9.17, 15) is 0 Å². The fourth-order valence-electron chi connectivity index (χ4n) is 1.65. The Labute approximate surface area is 118 Å². The highest BCUT2D eigenvalue weighted by atomic mass is 79.9. The van der Waals surface area contributed by atoms with Gasteiger partial charge in [-0.05, 0) is 54.8 Å². The number of halogens is 1. The van der Waals surface area contributed by atoms with Crippen LogP contribution < -0.4 is 10.5 Å². The summed E-state index contributed by atoms with van der Waals surface area (Å²) in [4.78, 5) is 0. The predicted molar refractivity (Wildman–Crippen MR) is 78.1 cm³/mol. The largest absolute Gasteiger partial charge is 0.490 e. The van der Waals surface area contributed by atoms with Crippen molar-refractivity contribution in [2.24, 2.45) is 5.73 Å². The molecule has 18 heavy (non-hydrogen) atoms. The second-order valence-corrected chi connectivity index (χ2v) is 5.53. The minimum atomic E-state index is 0.119. The molecule has 1 aromatic rings. The van der Waals surface area contributed by atoms with Crippen molar-refractivity contribution in [3.05, 3.63) is 28.2 Å². The summed E-state index contributed by atoms with van der Waals surface area (Å²) in [7, 11) is 0. The van der Waals surface area contributed by atoms with Crippen LogP contribution in [0.1, 0.15) is 26.3 Å². The van der Waals surface area contributed by atoms with Crippen LogP contribution in [0, 0.1) is 0 Å². The smallest absolute Gasteiger partial charge is 0.136 e. The lowest BCUT2D eigenvalue weighted by atomic mass is 10.1. The summed E-state index contributed by atoms with van der Waals surface area (Å²) in [6.07, 6.45) is 1.04. The summed E-state index contributed by atoms with van der Waals surface area (Å²) in [5.41, 5.74) is 6.97. The summed E-state index contributed by atoms with van der Waals surface area (Å²) < 4.78 is 12.2. The topological polar surface area (TPSA) is 44.5 Å². The Hall–Kier alpha value is -0.580. The van der Waals surface area contributed by atoms with Gasteiger partial charge in [0, 0.05) is 6.04 Å². The molecule has 0 bridgehead atoms. The second kappa shape index (κ2) is 7.77. The molecule has 0 aliphatic carbocycles. The quantitative estimate of drug-likeness (QED) is 0.786. The third-order valence-corrected chi connectivity index (χ3v) is 3.00. The van der Waals surface area contributed by atoms with Gasteiger partial charge in [0.1, 0.15) is 12.4 Å². The average Bonchev–Trinajstić information content (AvgIpc) is 2.26. The first kappa shape index (κ1) is 15.5. The van der Waals surface area contributed by atoms with Crippen LogP contribution in [0.3, 0.4) is 0 Å². The number of ether oxygens (including phenoxy) is 2. The molecule has 0 aliphatic rings. The molecule has 1 aromatic carbocycles. The number of hydrogen-bond donors (Lipinski definition) is 1. The summed E-state index contributed by atoms with van der Waals surface area (Å²) in [6, 6.07) is 6.14. The van der Waals surface area contributed by atoms with Gasteiger partial charge in [-0.25, -0.2) is 0 Å². The summed E-state index contributed by atoms with van der Waals surface area (Å²) in [6.45, 7) is 7.16. The molecule has 1 rings (SSSR count). The van der Waals surface area contributed by atoms with Crippen LogP contribution in [0.15, 0.2) is 22.7 Å². The molecule has 0 amide bonds. The predicted octanol–water partition coefficient (Wildman–Crippen LogP) is 3.14. The average molecular weight is 316 g/mol. The Bertz CT molecular complexity index is 367. The van der Waals surface area contributed by atoms with Gasteiger partial charge < -0.3 is 15.2 Å². The van der Waals surface area contributed by atoms with E-state index in [1.165, 1.54) is 0 Å². The minimum Gasteiger partial charge on any atom is -0.490 e. The van der Waals surface area contributed by atoms with Gasteiger partial charge in [-0.3, -0.25) is 0 Å². The maximum Gasteiger partial charge on any atom is 0.136 e. The zero-order chi connectivity index (χ0) is 13.5. The molecule has 4 heteroatoms. The highest BCUT2D eigenvalue weighted by molar-refractivity contribution is 9.10. The molecule has 1 unspecified atom stereocenters. The van der Waals surface area contributed by atoms with Crippen LogP contribution in [-0.2, 0) is 11.2 Å². The van der Waals surface area contributed by atoms with Crippen LogP contribution in [0.2, 0.25) is 0 Å². The first-order valence-corrected chi connectivity index (χ1v) is 7.07. The van der Waals surface area contributed by atoms with Crippen molar-refractivity contribution >= 4 is 15.9 Å². The fraction of sp³-hybridized carbons (Fsp3) is 0.571. The summed E-state index contributed by atoms with van der Waals surface area (Å²) in [5.74, 6) is 0.877. The molecule has 102 valence electrons. The highest BCUT2D eigenvalue weighted by Gasteiger charge is 2.09. The van der Waals surface area contributed by atoms with Crippen LogP contribution in [0.5, 0.6) is 5.75 Å². The third kappa shape index (κ3) is 5.38. The van der Waals surface area contributed by atoms with E-state index in [1.54, 1.807) is 0 Å². The number of rotatable bonds is 7. The van der Waals surface area contributed by atoms with E-state index >= 15 is 0 Å². The normalized spacial score (nSPS) is 12.8. The first-order chi connectivity index (χ1) is 8.50. The van der Waals surface area contributed by atoms with Gasteiger partial charge in [0.25, 0.3) is 0 Å². The standard InChI is InChI=1S/C14H22BrNO2/c1-10(2)17-7-8-18-14-12(9-11(3)16)5-4-6-13(14)15/h4-6,10-11H,7-9,16H2,1-3H3. The van der Waals surface area contributed by atoms with Crippen LogP contribution >= 0.6 is 15.9 Å². The summed E-state index contributed by atoms with van der Waals surface area (Å²) in [5, 5.41) is 0. The Morgan fingerprint density at radius 3 is 2.56 bits per heavy atom. The molecule has 0 fully saturated rings. The number of nitrogens with two attached hydrogens (primary N) is 1. The zero-order valence-corrected chi connectivity index (χ0v) is 12.9. The van der Waals surface area contributed by atoms with E-state index < -0.39 is 0 Å². The van der Waals surface area contributed by atoms with Gasteiger partial charge in [-0.1, -0.05) is 12.1 Å². The van der Waals surface area contributed by atoms with Gasteiger partial charge in [0.05, 0.1) is 17.2 Å². The van der Waals surface area contributed by atoms with Crippen LogP contribution in [-0.4, -0.2) is 25.4 Å². The molecule has 0 spiro atoms. The van der Waals surface area contributed by atoms with E-state index in [0.29, 0.717) is 13.2 Å². The maximum absolute atomic E-state index is 5.84. The fourth-order valence-corrected chi connectivity index (χ4v) is 2.17. The van der Waals surface area contributed by atoms with Crippen molar-refractivity contribution in [1.29, 1.82) is 0 Å². The molecule has 0 radical (unpaired) electrons. The van der Waals surface area contributed by atoms with Gasteiger partial charge in [-0.2, -0.15) is 0 Å². The molecule has 2 N–H and O–H groups in total. The third-order valence-electron chi connectivity index (χ3n) is 2.37. The van der Waals surface area contributed by atoms with Crippen molar-refractivity contribution < 1.29 is 9.47 Å². The van der Waals surface area contributed by atoms with Crippen molar-refractivity contribution in [3.63, 3.8) is 0 Å². The van der Waals surface area contributed by atoms with Crippen molar-refractivity contribution in [2.75, 3.05) is 13.2 Å². The SMILES string of the molecule is CC(N)Cc1cccc(Br)c1OCCOC(C)C. The van der Waals surface area contributed by atoms with Crippen molar-refractivity contribution in [1.82, 2.24) is 0 Å². The number of para-hydroxylation sites is 1. The number of benzene rings is 1. The molecule has 3 nitrogen and oxygen atoms in total. The van der Waals surface area contributed by atoms with E-state index in [0.717, 1.165) is 22.2 Å². The molecule has 1 atom stereocenters. The van der Waals surface area contributed by atoms with E-state index in [4.69, 9.17) is 15.2 Å². The lowest BCUT2D eigenvalue weighted by Crippen LogP contribution is -2.19. The Kier molecular flexibility index (Phi) is 6.68. The molecular weight excluding hydrogens is 294 g/mol. The second-order valence-electron chi connectivity index (χ2n) is 4.68. The maximum atomic E-state index is 5.84.